The second-order valence-electron chi connectivity index (χ2n) is 8.04. The molecule has 3 fully saturated rings. The van der Waals surface area contributed by atoms with Crippen LogP contribution in [0.15, 0.2) is 18.2 Å². The minimum Gasteiger partial charge on any atom is -0.371 e. The van der Waals surface area contributed by atoms with Gasteiger partial charge in [-0.1, -0.05) is 17.7 Å². The van der Waals surface area contributed by atoms with Crippen molar-refractivity contribution in [1.29, 1.82) is 0 Å². The van der Waals surface area contributed by atoms with Crippen LogP contribution in [-0.4, -0.2) is 61.7 Å². The number of hydrogen-bond acceptors (Lipinski definition) is 3. The highest BCUT2D eigenvalue weighted by atomic mass is 35.5. The predicted octanol–water partition coefficient (Wildman–Crippen LogP) is 4.04. The highest BCUT2D eigenvalue weighted by Crippen LogP contribution is 2.28. The van der Waals surface area contributed by atoms with Gasteiger partial charge < -0.3 is 14.7 Å². The second kappa shape index (κ2) is 8.28. The highest BCUT2D eigenvalue weighted by Gasteiger charge is 2.26. The molecule has 138 valence electrons. The van der Waals surface area contributed by atoms with Crippen molar-refractivity contribution in [1.82, 2.24) is 9.80 Å². The van der Waals surface area contributed by atoms with E-state index in [4.69, 9.17) is 11.6 Å². The Morgan fingerprint density at radius 2 is 1.56 bits per heavy atom. The number of halogens is 1. The Balaban J connectivity index is 1.31. The van der Waals surface area contributed by atoms with Crippen LogP contribution in [0, 0.1) is 0 Å². The average Bonchev–Trinajstić information content (AvgIpc) is 3.35. The fourth-order valence-electron chi connectivity index (χ4n) is 4.82. The minimum atomic E-state index is 0.814. The first-order valence-corrected chi connectivity index (χ1v) is 10.7. The van der Waals surface area contributed by atoms with Crippen LogP contribution in [-0.2, 0) is 6.42 Å². The SMILES string of the molecule is Clc1cc(N2CCC(N3CCCC3)CC2)ccc1CCN1CCCC1. The largest absolute Gasteiger partial charge is 0.371 e. The Kier molecular flexibility index (Phi) is 5.84. The van der Waals surface area contributed by atoms with Crippen molar-refractivity contribution in [2.45, 2.75) is 51.0 Å². The number of piperidine rings is 1. The monoisotopic (exact) mass is 361 g/mol. The Morgan fingerprint density at radius 1 is 0.880 bits per heavy atom. The van der Waals surface area contributed by atoms with Crippen molar-refractivity contribution in [3.63, 3.8) is 0 Å². The molecule has 0 aromatic heterocycles. The predicted molar refractivity (Wildman–Crippen MR) is 107 cm³/mol. The fourth-order valence-corrected chi connectivity index (χ4v) is 5.09. The number of rotatable bonds is 5. The van der Waals surface area contributed by atoms with Gasteiger partial charge in [-0.15, -0.1) is 0 Å². The smallest absolute Gasteiger partial charge is 0.0459 e. The van der Waals surface area contributed by atoms with E-state index in [9.17, 15) is 0 Å². The second-order valence-corrected chi connectivity index (χ2v) is 8.44. The molecule has 3 saturated heterocycles. The van der Waals surface area contributed by atoms with Gasteiger partial charge in [-0.25, -0.2) is 0 Å². The molecule has 0 bridgehead atoms. The normalized spacial score (nSPS) is 23.6. The molecular formula is C21H32ClN3. The van der Waals surface area contributed by atoms with Crippen LogP contribution in [0.3, 0.4) is 0 Å². The molecule has 0 unspecified atom stereocenters. The first-order chi connectivity index (χ1) is 12.3. The lowest BCUT2D eigenvalue weighted by molar-refractivity contribution is 0.208. The summed E-state index contributed by atoms with van der Waals surface area (Å²) in [5, 5.41) is 0.957. The van der Waals surface area contributed by atoms with Gasteiger partial charge in [0, 0.05) is 36.4 Å². The molecule has 0 aliphatic carbocycles. The van der Waals surface area contributed by atoms with Crippen LogP contribution >= 0.6 is 11.6 Å². The molecule has 1 aromatic carbocycles. The Bertz CT molecular complexity index is 556. The average molecular weight is 362 g/mol. The first-order valence-electron chi connectivity index (χ1n) is 10.3. The standard InChI is InChI=1S/C21H32ClN3/c22-21-17-20(6-5-18(21)7-14-23-10-1-2-11-23)25-15-8-19(9-16-25)24-12-3-4-13-24/h5-6,17,19H,1-4,7-16H2. The summed E-state index contributed by atoms with van der Waals surface area (Å²) in [6, 6.07) is 7.58. The summed E-state index contributed by atoms with van der Waals surface area (Å²) >= 11 is 6.61. The summed E-state index contributed by atoms with van der Waals surface area (Å²) in [5.74, 6) is 0. The zero-order valence-electron chi connectivity index (χ0n) is 15.4. The van der Waals surface area contributed by atoms with E-state index in [1.165, 1.54) is 89.0 Å². The lowest BCUT2D eigenvalue weighted by atomic mass is 10.0. The molecule has 0 spiro atoms. The molecule has 1 aromatic rings. The van der Waals surface area contributed by atoms with Crippen molar-refractivity contribution in [3.8, 4) is 0 Å². The van der Waals surface area contributed by atoms with E-state index in [1.807, 2.05) is 0 Å². The summed E-state index contributed by atoms with van der Waals surface area (Å²) in [4.78, 5) is 7.81. The van der Waals surface area contributed by atoms with Gasteiger partial charge in [0.05, 0.1) is 0 Å². The van der Waals surface area contributed by atoms with E-state index in [-0.39, 0.29) is 0 Å². The van der Waals surface area contributed by atoms with Gasteiger partial charge in [0.25, 0.3) is 0 Å². The van der Waals surface area contributed by atoms with Crippen molar-refractivity contribution >= 4 is 17.3 Å². The Morgan fingerprint density at radius 3 is 2.24 bits per heavy atom. The van der Waals surface area contributed by atoms with E-state index >= 15 is 0 Å². The molecular weight excluding hydrogens is 330 g/mol. The van der Waals surface area contributed by atoms with Crippen LogP contribution in [0.1, 0.15) is 44.1 Å². The topological polar surface area (TPSA) is 9.72 Å². The lowest BCUT2D eigenvalue weighted by Gasteiger charge is -2.38. The molecule has 4 rings (SSSR count). The zero-order chi connectivity index (χ0) is 17.1. The van der Waals surface area contributed by atoms with Crippen LogP contribution in [0.5, 0.6) is 0 Å². The maximum atomic E-state index is 6.61. The van der Waals surface area contributed by atoms with Gasteiger partial charge in [-0.3, -0.25) is 0 Å². The van der Waals surface area contributed by atoms with E-state index < -0.39 is 0 Å². The molecule has 25 heavy (non-hydrogen) atoms. The van der Waals surface area contributed by atoms with Gasteiger partial charge in [0.1, 0.15) is 0 Å². The number of nitrogens with zero attached hydrogens (tertiary/aromatic N) is 3. The molecule has 3 aliphatic rings. The van der Waals surface area contributed by atoms with Gasteiger partial charge >= 0.3 is 0 Å². The molecule has 0 N–H and O–H groups in total. The van der Waals surface area contributed by atoms with Gasteiger partial charge in [0.15, 0.2) is 0 Å². The van der Waals surface area contributed by atoms with Gasteiger partial charge in [-0.05, 0) is 88.8 Å². The molecule has 3 heterocycles. The first kappa shape index (κ1) is 17.6. The lowest BCUT2D eigenvalue weighted by Crippen LogP contribution is -2.43. The third-order valence-corrected chi connectivity index (χ3v) is 6.77. The third kappa shape index (κ3) is 4.32. The Hall–Kier alpha value is -0.770. The summed E-state index contributed by atoms with van der Waals surface area (Å²) in [6.45, 7) is 8.67. The summed E-state index contributed by atoms with van der Waals surface area (Å²) in [7, 11) is 0. The van der Waals surface area contributed by atoms with Crippen molar-refractivity contribution in [2.24, 2.45) is 0 Å². The molecule has 0 radical (unpaired) electrons. The Labute approximate surface area is 157 Å². The van der Waals surface area contributed by atoms with Crippen LogP contribution in [0.2, 0.25) is 5.02 Å². The van der Waals surface area contributed by atoms with Crippen LogP contribution in [0.25, 0.3) is 0 Å². The molecule has 3 nitrogen and oxygen atoms in total. The summed E-state index contributed by atoms with van der Waals surface area (Å²) < 4.78 is 0. The number of benzene rings is 1. The molecule has 4 heteroatoms. The van der Waals surface area contributed by atoms with Crippen LogP contribution in [0.4, 0.5) is 5.69 Å². The maximum Gasteiger partial charge on any atom is 0.0459 e. The molecule has 0 amide bonds. The zero-order valence-corrected chi connectivity index (χ0v) is 16.2. The molecule has 3 aliphatic heterocycles. The number of hydrogen-bond donors (Lipinski definition) is 0. The van der Waals surface area contributed by atoms with E-state index in [2.05, 4.69) is 32.9 Å². The third-order valence-electron chi connectivity index (χ3n) is 6.42. The van der Waals surface area contributed by atoms with Gasteiger partial charge in [-0.2, -0.15) is 0 Å². The molecule has 0 saturated carbocycles. The van der Waals surface area contributed by atoms with Crippen molar-refractivity contribution < 1.29 is 0 Å². The van der Waals surface area contributed by atoms with Gasteiger partial charge in [0.2, 0.25) is 0 Å². The quantitative estimate of drug-likeness (QED) is 0.783. The van der Waals surface area contributed by atoms with E-state index in [1.54, 1.807) is 0 Å². The minimum absolute atomic E-state index is 0.814. The molecule has 0 atom stereocenters. The number of likely N-dealkylation sites (tertiary alicyclic amines) is 2. The number of anilines is 1. The highest BCUT2D eigenvalue weighted by molar-refractivity contribution is 6.31. The maximum absolute atomic E-state index is 6.61. The van der Waals surface area contributed by atoms with Crippen molar-refractivity contribution in [3.05, 3.63) is 28.8 Å². The van der Waals surface area contributed by atoms with Crippen LogP contribution < -0.4 is 4.90 Å². The van der Waals surface area contributed by atoms with E-state index in [0.717, 1.165) is 24.0 Å². The summed E-state index contributed by atoms with van der Waals surface area (Å²) in [6.07, 6.45) is 9.20. The van der Waals surface area contributed by atoms with Crippen molar-refractivity contribution in [2.75, 3.05) is 50.7 Å². The van der Waals surface area contributed by atoms with E-state index in [0.29, 0.717) is 0 Å². The fraction of sp³-hybridized carbons (Fsp3) is 0.714. The summed E-state index contributed by atoms with van der Waals surface area (Å²) in [5.41, 5.74) is 2.62.